The normalized spacial score (nSPS) is 17.2. The average molecular weight is 710 g/mol. The number of aromatic nitrogens is 4. The number of phenols is 1. The van der Waals surface area contributed by atoms with Crippen LogP contribution in [0, 0.1) is 0 Å². The van der Waals surface area contributed by atoms with E-state index in [1.165, 1.54) is 11.8 Å². The van der Waals surface area contributed by atoms with Crippen LogP contribution in [0.5, 0.6) is 5.75 Å². The fraction of sp³-hybridized carbons (Fsp3) is 0.289. The molecule has 51 heavy (non-hydrogen) atoms. The number of hydrogen-bond donors (Lipinski definition) is 4. The predicted octanol–water partition coefficient (Wildman–Crippen LogP) is 6.13. The van der Waals surface area contributed by atoms with Crippen molar-refractivity contribution >= 4 is 23.6 Å². The lowest BCUT2D eigenvalue weighted by Crippen LogP contribution is -2.31. The molecule has 4 N–H and O–H groups in total. The summed E-state index contributed by atoms with van der Waals surface area (Å²) < 4.78 is 14.8. The number of ether oxygens (including phenoxy) is 2. The lowest BCUT2D eigenvalue weighted by molar-refractivity contribution is -0.245. The number of rotatable bonds is 15. The Morgan fingerprint density at radius 1 is 0.863 bits per heavy atom. The van der Waals surface area contributed by atoms with Crippen molar-refractivity contribution in [3.8, 4) is 22.6 Å². The third-order valence-corrected chi connectivity index (χ3v) is 9.55. The number of aliphatic carboxylic acids is 1. The largest absolute Gasteiger partial charge is 0.508 e. The Morgan fingerprint density at radius 2 is 1.61 bits per heavy atom. The number of carbonyl (C=O) groups excluding carboxylic acids is 1. The number of unbranched alkanes of at least 4 members (excludes halogenated alkanes) is 1. The highest BCUT2D eigenvalue weighted by Crippen LogP contribution is 2.40. The lowest BCUT2D eigenvalue weighted by atomic mass is 9.99. The van der Waals surface area contributed by atoms with E-state index in [-0.39, 0.29) is 43.3 Å². The number of phenolic OH excluding ortho intramolecular Hbond substituents is 1. The van der Waals surface area contributed by atoms with E-state index in [2.05, 4.69) is 26.9 Å². The molecule has 0 aliphatic carbocycles. The first-order valence-electron chi connectivity index (χ1n) is 16.7. The monoisotopic (exact) mass is 709 g/mol. The highest BCUT2D eigenvalue weighted by molar-refractivity contribution is 7.99. The van der Waals surface area contributed by atoms with Gasteiger partial charge in [0.15, 0.2) is 6.29 Å². The first-order valence-corrected chi connectivity index (χ1v) is 17.7. The van der Waals surface area contributed by atoms with Crippen LogP contribution in [0.4, 0.5) is 0 Å². The number of aliphatic hydroxyl groups excluding tert-OH is 1. The Balaban J connectivity index is 1.16. The number of thioether (sulfide) groups is 1. The molecule has 1 aromatic heterocycles. The quantitative estimate of drug-likeness (QED) is 0.0729. The Hall–Kier alpha value is -5.08. The van der Waals surface area contributed by atoms with Crippen molar-refractivity contribution in [3.63, 3.8) is 0 Å². The second kappa shape index (κ2) is 17.2. The van der Waals surface area contributed by atoms with Gasteiger partial charge in [-0.15, -0.1) is 5.10 Å². The van der Waals surface area contributed by atoms with Gasteiger partial charge in [0.25, 0.3) is 0 Å². The average Bonchev–Trinajstić information content (AvgIpc) is 3.64. The van der Waals surface area contributed by atoms with Crippen LogP contribution < -0.4 is 5.32 Å². The molecule has 0 bridgehead atoms. The Kier molecular flexibility index (Phi) is 12.1. The van der Waals surface area contributed by atoms with E-state index in [0.29, 0.717) is 36.7 Å². The summed E-state index contributed by atoms with van der Waals surface area (Å²) in [6, 6.07) is 30.4. The highest BCUT2D eigenvalue weighted by atomic mass is 32.2. The summed E-state index contributed by atoms with van der Waals surface area (Å²) in [6.07, 6.45) is 0.796. The number of aliphatic hydroxyl groups is 1. The van der Waals surface area contributed by atoms with E-state index >= 15 is 0 Å². The first kappa shape index (κ1) is 35.7. The number of carboxylic acid groups (broad SMARTS) is 1. The number of hydrogen-bond acceptors (Lipinski definition) is 10. The van der Waals surface area contributed by atoms with Gasteiger partial charge in [-0.1, -0.05) is 72.4 Å². The molecule has 0 saturated carbocycles. The van der Waals surface area contributed by atoms with Crippen LogP contribution >= 0.6 is 11.8 Å². The van der Waals surface area contributed by atoms with Crippen molar-refractivity contribution in [1.82, 2.24) is 25.5 Å². The molecule has 2 heterocycles. The zero-order valence-corrected chi connectivity index (χ0v) is 28.6. The van der Waals surface area contributed by atoms with E-state index in [9.17, 15) is 19.8 Å². The topological polar surface area (TPSA) is 169 Å². The van der Waals surface area contributed by atoms with Crippen molar-refractivity contribution in [3.05, 3.63) is 119 Å². The number of nitrogens with one attached hydrogen (secondary N) is 1. The van der Waals surface area contributed by atoms with E-state index in [1.807, 2.05) is 66.7 Å². The molecule has 0 radical (unpaired) electrons. The standard InChI is InChI=1S/C38H39N5O7S/c44-23-25-11-13-27(14-12-25)34-21-33(24-51-38-40-41-42-43(38)31-15-17-32(45)18-16-31)49-37(50-34)30-8-4-7-29(20-30)28-6-3-5-26(19-28)22-39-35(46)9-1-2-10-36(47)48/h3-8,11-20,33-34,37,44-45H,1-2,9-10,21-24H2,(H,39,46)(H,47,48)/t33-,34+,37+/m1/s1. The van der Waals surface area contributed by atoms with E-state index in [1.54, 1.807) is 28.9 Å². The van der Waals surface area contributed by atoms with Crippen LogP contribution in [0.1, 0.15) is 66.8 Å². The molecule has 1 saturated heterocycles. The first-order chi connectivity index (χ1) is 24.8. The van der Waals surface area contributed by atoms with Gasteiger partial charge in [-0.25, -0.2) is 0 Å². The highest BCUT2D eigenvalue weighted by Gasteiger charge is 2.33. The molecular weight excluding hydrogens is 671 g/mol. The molecule has 1 aliphatic heterocycles. The molecule has 1 aliphatic rings. The summed E-state index contributed by atoms with van der Waals surface area (Å²) in [4.78, 5) is 23.0. The molecule has 1 amide bonds. The van der Waals surface area contributed by atoms with E-state index in [4.69, 9.17) is 14.6 Å². The van der Waals surface area contributed by atoms with Crippen LogP contribution in [-0.2, 0) is 32.2 Å². The van der Waals surface area contributed by atoms with Crippen LogP contribution in [0.2, 0.25) is 0 Å². The maximum atomic E-state index is 12.3. The summed E-state index contributed by atoms with van der Waals surface area (Å²) in [5, 5.41) is 43.8. The van der Waals surface area contributed by atoms with Crippen LogP contribution in [0.3, 0.4) is 0 Å². The molecule has 5 aromatic rings. The maximum absolute atomic E-state index is 12.3. The molecule has 12 nitrogen and oxygen atoms in total. The Labute approximate surface area is 299 Å². The minimum atomic E-state index is -0.854. The van der Waals surface area contributed by atoms with Gasteiger partial charge < -0.3 is 30.1 Å². The summed E-state index contributed by atoms with van der Waals surface area (Å²) in [7, 11) is 0. The van der Waals surface area contributed by atoms with Gasteiger partial charge >= 0.3 is 5.97 Å². The number of benzene rings is 4. The van der Waals surface area contributed by atoms with Gasteiger partial charge in [0.05, 0.1) is 24.5 Å². The third-order valence-electron chi connectivity index (χ3n) is 8.50. The predicted molar refractivity (Wildman–Crippen MR) is 190 cm³/mol. The van der Waals surface area contributed by atoms with Gasteiger partial charge in [-0.3, -0.25) is 9.59 Å². The molecule has 264 valence electrons. The second-order valence-electron chi connectivity index (χ2n) is 12.3. The smallest absolute Gasteiger partial charge is 0.303 e. The number of carbonyl (C=O) groups is 2. The zero-order chi connectivity index (χ0) is 35.6. The summed E-state index contributed by atoms with van der Waals surface area (Å²) in [5.74, 6) is -0.252. The van der Waals surface area contributed by atoms with Crippen molar-refractivity contribution < 1.29 is 34.4 Å². The maximum Gasteiger partial charge on any atom is 0.303 e. The molecular formula is C38H39N5O7S. The molecule has 1 fully saturated rings. The fourth-order valence-electron chi connectivity index (χ4n) is 5.79. The van der Waals surface area contributed by atoms with Gasteiger partial charge in [-0.05, 0) is 87.5 Å². The van der Waals surface area contributed by atoms with Crippen LogP contribution in [0.15, 0.2) is 102 Å². The SMILES string of the molecule is O=C(O)CCCCC(=O)NCc1cccc(-c2cccc([C@H]3O[C@@H](CSc4nnnn4-c4ccc(O)cc4)C[C@@H](c4ccc(CO)cc4)O3)c2)c1. The summed E-state index contributed by atoms with van der Waals surface area (Å²) >= 11 is 1.47. The molecule has 6 rings (SSSR count). The van der Waals surface area contributed by atoms with Gasteiger partial charge in [0, 0.05) is 37.1 Å². The van der Waals surface area contributed by atoms with Crippen molar-refractivity contribution in [1.29, 1.82) is 0 Å². The molecule has 13 heteroatoms. The second-order valence-corrected chi connectivity index (χ2v) is 13.2. The summed E-state index contributed by atoms with van der Waals surface area (Å²) in [6.45, 7) is 0.327. The molecule has 0 spiro atoms. The molecule has 0 unspecified atom stereocenters. The number of tetrazole rings is 1. The van der Waals surface area contributed by atoms with Crippen molar-refractivity contribution in [2.75, 3.05) is 5.75 Å². The van der Waals surface area contributed by atoms with E-state index < -0.39 is 12.3 Å². The zero-order valence-electron chi connectivity index (χ0n) is 27.8. The number of nitrogens with zero attached hydrogens (tertiary/aromatic N) is 4. The number of aromatic hydroxyl groups is 1. The minimum Gasteiger partial charge on any atom is -0.508 e. The van der Waals surface area contributed by atoms with E-state index in [0.717, 1.165) is 39.1 Å². The lowest BCUT2D eigenvalue weighted by Gasteiger charge is -2.36. The van der Waals surface area contributed by atoms with Gasteiger partial charge in [0.2, 0.25) is 11.1 Å². The number of amides is 1. The molecule has 4 aromatic carbocycles. The summed E-state index contributed by atoms with van der Waals surface area (Å²) in [5.41, 5.74) is 6.27. The van der Waals surface area contributed by atoms with Gasteiger partial charge in [0.1, 0.15) is 5.75 Å². The minimum absolute atomic E-state index is 0.0402. The number of carboxylic acids is 1. The Morgan fingerprint density at radius 3 is 2.37 bits per heavy atom. The fourth-order valence-corrected chi connectivity index (χ4v) is 6.70. The third kappa shape index (κ3) is 9.79. The Bertz CT molecular complexity index is 1920. The van der Waals surface area contributed by atoms with Crippen LogP contribution in [0.25, 0.3) is 16.8 Å². The van der Waals surface area contributed by atoms with Crippen molar-refractivity contribution in [2.45, 2.75) is 68.9 Å². The van der Waals surface area contributed by atoms with Gasteiger partial charge in [-0.2, -0.15) is 4.68 Å². The molecule has 3 atom stereocenters. The van der Waals surface area contributed by atoms with Crippen molar-refractivity contribution in [2.24, 2.45) is 0 Å². The van der Waals surface area contributed by atoms with Crippen LogP contribution in [-0.4, -0.2) is 59.3 Å².